The van der Waals surface area contributed by atoms with Crippen LogP contribution < -0.4 is 4.90 Å². The molecule has 0 unspecified atom stereocenters. The number of anilines is 1. The summed E-state index contributed by atoms with van der Waals surface area (Å²) in [6.07, 6.45) is 3.50. The first kappa shape index (κ1) is 12.5. The molecule has 0 fully saturated rings. The Balaban J connectivity index is 2.11. The maximum atomic E-state index is 4.25. The zero-order valence-electron chi connectivity index (χ0n) is 9.27. The molecule has 0 radical (unpaired) electrons. The van der Waals surface area contributed by atoms with Gasteiger partial charge >= 0.3 is 0 Å². The van der Waals surface area contributed by atoms with Gasteiger partial charge in [0, 0.05) is 30.5 Å². The smallest absolute Gasteiger partial charge is 0.225 e. The zero-order valence-corrected chi connectivity index (χ0v) is 12.4. The number of aromatic nitrogens is 2. The largest absolute Gasteiger partial charge is 0.340 e. The summed E-state index contributed by atoms with van der Waals surface area (Å²) in [6.45, 7) is 0.779. The van der Waals surface area contributed by atoms with Gasteiger partial charge in [-0.1, -0.05) is 28.1 Å². The highest BCUT2D eigenvalue weighted by Gasteiger charge is 2.05. The third-order valence-corrected chi connectivity index (χ3v) is 3.16. The van der Waals surface area contributed by atoms with Crippen molar-refractivity contribution in [3.05, 3.63) is 51.2 Å². The molecule has 3 nitrogen and oxygen atoms in total. The quantitative estimate of drug-likeness (QED) is 0.840. The van der Waals surface area contributed by atoms with E-state index < -0.39 is 0 Å². The van der Waals surface area contributed by atoms with Gasteiger partial charge in [0.25, 0.3) is 0 Å². The van der Waals surface area contributed by atoms with Crippen molar-refractivity contribution in [1.29, 1.82) is 0 Å². The maximum absolute atomic E-state index is 4.25. The van der Waals surface area contributed by atoms with Crippen LogP contribution in [-0.4, -0.2) is 17.0 Å². The SMILES string of the molecule is CN(Cc1cccc(Br)c1)c1ncc(Br)cn1. The van der Waals surface area contributed by atoms with Crippen molar-refractivity contribution in [3.8, 4) is 0 Å². The lowest BCUT2D eigenvalue weighted by atomic mass is 10.2. The van der Waals surface area contributed by atoms with Crippen molar-refractivity contribution in [1.82, 2.24) is 9.97 Å². The fourth-order valence-electron chi connectivity index (χ4n) is 1.48. The molecule has 0 aliphatic rings. The lowest BCUT2D eigenvalue weighted by Crippen LogP contribution is -2.18. The number of hydrogen-bond donors (Lipinski definition) is 0. The molecule has 0 aliphatic carbocycles. The Hall–Kier alpha value is -0.940. The molecule has 0 amide bonds. The van der Waals surface area contributed by atoms with Gasteiger partial charge in [-0.15, -0.1) is 0 Å². The van der Waals surface area contributed by atoms with E-state index in [2.05, 4.69) is 54.0 Å². The Kier molecular flexibility index (Phi) is 4.12. The molecule has 0 spiro atoms. The number of nitrogens with zero attached hydrogens (tertiary/aromatic N) is 3. The molecule has 1 aromatic carbocycles. The van der Waals surface area contributed by atoms with Gasteiger partial charge in [0.2, 0.25) is 5.95 Å². The van der Waals surface area contributed by atoms with E-state index in [-0.39, 0.29) is 0 Å². The lowest BCUT2D eigenvalue weighted by molar-refractivity contribution is 0.864. The Bertz CT molecular complexity index is 499. The van der Waals surface area contributed by atoms with Crippen LogP contribution in [0.2, 0.25) is 0 Å². The maximum Gasteiger partial charge on any atom is 0.225 e. The third-order valence-electron chi connectivity index (χ3n) is 2.26. The first-order valence-electron chi connectivity index (χ1n) is 5.08. The van der Waals surface area contributed by atoms with Crippen LogP contribution in [0.4, 0.5) is 5.95 Å². The summed E-state index contributed by atoms with van der Waals surface area (Å²) in [5.41, 5.74) is 1.22. The fraction of sp³-hybridized carbons (Fsp3) is 0.167. The lowest BCUT2D eigenvalue weighted by Gasteiger charge is -2.16. The van der Waals surface area contributed by atoms with Gasteiger partial charge in [-0.05, 0) is 33.6 Å². The Morgan fingerprint density at radius 1 is 1.12 bits per heavy atom. The normalized spacial score (nSPS) is 10.3. The predicted molar refractivity (Wildman–Crippen MR) is 76.0 cm³/mol. The molecule has 0 atom stereocenters. The molecule has 0 saturated heterocycles. The van der Waals surface area contributed by atoms with E-state index in [1.54, 1.807) is 12.4 Å². The van der Waals surface area contributed by atoms with E-state index in [0.29, 0.717) is 5.95 Å². The fourth-order valence-corrected chi connectivity index (χ4v) is 2.13. The van der Waals surface area contributed by atoms with Crippen LogP contribution in [0.3, 0.4) is 0 Å². The molecule has 2 rings (SSSR count). The zero-order chi connectivity index (χ0) is 12.3. The molecule has 17 heavy (non-hydrogen) atoms. The van der Waals surface area contributed by atoms with Gasteiger partial charge in [-0.3, -0.25) is 0 Å². The minimum atomic E-state index is 0.716. The van der Waals surface area contributed by atoms with Gasteiger partial charge in [-0.25, -0.2) is 9.97 Å². The molecule has 0 saturated carbocycles. The molecule has 0 N–H and O–H groups in total. The second-order valence-electron chi connectivity index (χ2n) is 3.69. The summed E-state index contributed by atoms with van der Waals surface area (Å²) in [4.78, 5) is 10.5. The average Bonchev–Trinajstić information content (AvgIpc) is 2.29. The van der Waals surface area contributed by atoms with E-state index in [1.807, 2.05) is 24.1 Å². The summed E-state index contributed by atoms with van der Waals surface area (Å²) in [6, 6.07) is 8.21. The second kappa shape index (κ2) is 5.60. The Morgan fingerprint density at radius 2 is 1.82 bits per heavy atom. The predicted octanol–water partition coefficient (Wildman–Crippen LogP) is 3.64. The van der Waals surface area contributed by atoms with Crippen LogP contribution in [0.5, 0.6) is 0 Å². The number of benzene rings is 1. The Labute approximate surface area is 117 Å². The standard InChI is InChI=1S/C12H11Br2N3/c1-17(12-15-6-11(14)7-16-12)8-9-3-2-4-10(13)5-9/h2-7H,8H2,1H3. The molecular weight excluding hydrogens is 346 g/mol. The molecule has 1 aromatic heterocycles. The van der Waals surface area contributed by atoms with Crippen LogP contribution in [0.25, 0.3) is 0 Å². The first-order valence-corrected chi connectivity index (χ1v) is 6.67. The summed E-state index contributed by atoms with van der Waals surface area (Å²) >= 11 is 6.78. The highest BCUT2D eigenvalue weighted by Crippen LogP contribution is 2.15. The van der Waals surface area contributed by atoms with Gasteiger partial charge < -0.3 is 4.90 Å². The molecular formula is C12H11Br2N3. The topological polar surface area (TPSA) is 29.0 Å². The summed E-state index contributed by atoms with van der Waals surface area (Å²) in [5, 5.41) is 0. The van der Waals surface area contributed by atoms with Gasteiger partial charge in [0.15, 0.2) is 0 Å². The van der Waals surface area contributed by atoms with E-state index in [1.165, 1.54) is 5.56 Å². The van der Waals surface area contributed by atoms with E-state index in [0.717, 1.165) is 15.5 Å². The van der Waals surface area contributed by atoms with Crippen LogP contribution >= 0.6 is 31.9 Å². The van der Waals surface area contributed by atoms with E-state index in [9.17, 15) is 0 Å². The van der Waals surface area contributed by atoms with E-state index >= 15 is 0 Å². The number of hydrogen-bond acceptors (Lipinski definition) is 3. The van der Waals surface area contributed by atoms with Gasteiger partial charge in [-0.2, -0.15) is 0 Å². The molecule has 0 bridgehead atoms. The van der Waals surface area contributed by atoms with Crippen molar-refractivity contribution in [3.63, 3.8) is 0 Å². The molecule has 1 heterocycles. The number of rotatable bonds is 3. The Morgan fingerprint density at radius 3 is 2.47 bits per heavy atom. The van der Waals surface area contributed by atoms with E-state index in [4.69, 9.17) is 0 Å². The van der Waals surface area contributed by atoms with Crippen molar-refractivity contribution < 1.29 is 0 Å². The van der Waals surface area contributed by atoms with Crippen molar-refractivity contribution in [2.45, 2.75) is 6.54 Å². The molecule has 88 valence electrons. The summed E-state index contributed by atoms with van der Waals surface area (Å²) in [7, 11) is 1.98. The highest BCUT2D eigenvalue weighted by molar-refractivity contribution is 9.10. The van der Waals surface area contributed by atoms with Gasteiger partial charge in [0.05, 0.1) is 4.47 Å². The third kappa shape index (κ3) is 3.51. The first-order chi connectivity index (χ1) is 8.15. The second-order valence-corrected chi connectivity index (χ2v) is 5.52. The number of halogens is 2. The summed E-state index contributed by atoms with van der Waals surface area (Å²) in [5.74, 6) is 0.716. The van der Waals surface area contributed by atoms with Gasteiger partial charge in [0.1, 0.15) is 0 Å². The highest BCUT2D eigenvalue weighted by atomic mass is 79.9. The van der Waals surface area contributed by atoms with Crippen LogP contribution in [0.15, 0.2) is 45.6 Å². The van der Waals surface area contributed by atoms with Crippen molar-refractivity contribution in [2.75, 3.05) is 11.9 Å². The van der Waals surface area contributed by atoms with Crippen LogP contribution in [0, 0.1) is 0 Å². The minimum absolute atomic E-state index is 0.716. The van der Waals surface area contributed by atoms with Crippen molar-refractivity contribution >= 4 is 37.8 Å². The minimum Gasteiger partial charge on any atom is -0.340 e. The average molecular weight is 357 g/mol. The van der Waals surface area contributed by atoms with Crippen molar-refractivity contribution in [2.24, 2.45) is 0 Å². The van der Waals surface area contributed by atoms with Crippen LogP contribution in [0.1, 0.15) is 5.56 Å². The molecule has 5 heteroatoms. The molecule has 2 aromatic rings. The van der Waals surface area contributed by atoms with Crippen LogP contribution in [-0.2, 0) is 6.54 Å². The molecule has 0 aliphatic heterocycles. The summed E-state index contributed by atoms with van der Waals surface area (Å²) < 4.78 is 1.97. The monoisotopic (exact) mass is 355 g/mol.